The fourth-order valence-corrected chi connectivity index (χ4v) is 6.21. The van der Waals surface area contributed by atoms with E-state index in [-0.39, 0.29) is 5.41 Å². The fourth-order valence-electron chi connectivity index (χ4n) is 3.60. The van der Waals surface area contributed by atoms with Crippen molar-refractivity contribution in [3.05, 3.63) is 0 Å². The van der Waals surface area contributed by atoms with Crippen LogP contribution in [0, 0.1) is 5.41 Å². The van der Waals surface area contributed by atoms with E-state index in [0.717, 1.165) is 25.3 Å². The zero-order valence-electron chi connectivity index (χ0n) is 20.5. The summed E-state index contributed by atoms with van der Waals surface area (Å²) in [6.07, 6.45) is 19.7. The highest BCUT2D eigenvalue weighted by Gasteiger charge is 2.34. The van der Waals surface area contributed by atoms with Crippen molar-refractivity contribution in [3.63, 3.8) is 0 Å². The summed E-state index contributed by atoms with van der Waals surface area (Å²) in [5.74, 6) is 0. The first-order valence-corrected chi connectivity index (χ1v) is 14.9. The third kappa shape index (κ3) is 17.0. The van der Waals surface area contributed by atoms with Crippen molar-refractivity contribution in [2.45, 2.75) is 144 Å². The second kappa shape index (κ2) is 17.9. The van der Waals surface area contributed by atoms with Crippen LogP contribution >= 0.6 is 0 Å². The first-order valence-electron chi connectivity index (χ1n) is 12.7. The molecule has 0 saturated heterocycles. The van der Waals surface area contributed by atoms with Gasteiger partial charge in [-0.2, -0.15) is 0 Å². The van der Waals surface area contributed by atoms with Crippen LogP contribution in [0.3, 0.4) is 0 Å². The smallest absolute Gasteiger partial charge is 0.337 e. The van der Waals surface area contributed by atoms with Gasteiger partial charge >= 0.3 is 8.56 Å². The molecular formula is C25H54O2Si. The molecular weight excluding hydrogens is 360 g/mol. The Bertz CT molecular complexity index is 321. The standard InChI is InChI=1S/C25H54O2Si/c1-7-10-11-12-13-14-15-16-17-18-19-20-21-22-23-26-28(8-2,9-3)27-24-25(4,5)6/h7-24H2,1-6H3. The Kier molecular flexibility index (Phi) is 18.0. The van der Waals surface area contributed by atoms with E-state index < -0.39 is 8.56 Å². The summed E-state index contributed by atoms with van der Waals surface area (Å²) < 4.78 is 12.7. The van der Waals surface area contributed by atoms with Crippen LogP contribution in [0.15, 0.2) is 0 Å². The largest absolute Gasteiger partial charge is 0.394 e. The Hall–Kier alpha value is 0.137. The maximum Gasteiger partial charge on any atom is 0.337 e. The Balaban J connectivity index is 3.54. The third-order valence-corrected chi connectivity index (χ3v) is 9.26. The van der Waals surface area contributed by atoms with E-state index in [1.54, 1.807) is 0 Å². The molecule has 0 amide bonds. The molecule has 0 fully saturated rings. The van der Waals surface area contributed by atoms with Crippen LogP contribution in [0.2, 0.25) is 12.1 Å². The van der Waals surface area contributed by atoms with E-state index in [9.17, 15) is 0 Å². The topological polar surface area (TPSA) is 18.5 Å². The van der Waals surface area contributed by atoms with Crippen molar-refractivity contribution >= 4 is 8.56 Å². The molecule has 0 bridgehead atoms. The Morgan fingerprint density at radius 3 is 1.29 bits per heavy atom. The van der Waals surface area contributed by atoms with Gasteiger partial charge in [-0.05, 0) is 23.9 Å². The lowest BCUT2D eigenvalue weighted by Crippen LogP contribution is -2.43. The number of hydrogen-bond acceptors (Lipinski definition) is 2. The van der Waals surface area contributed by atoms with Crippen molar-refractivity contribution in [2.75, 3.05) is 13.2 Å². The Morgan fingerprint density at radius 1 is 0.536 bits per heavy atom. The van der Waals surface area contributed by atoms with E-state index in [1.165, 1.54) is 89.9 Å². The summed E-state index contributed by atoms with van der Waals surface area (Å²) in [7, 11) is -1.96. The molecule has 170 valence electrons. The molecule has 28 heavy (non-hydrogen) atoms. The van der Waals surface area contributed by atoms with E-state index >= 15 is 0 Å². The first-order chi connectivity index (χ1) is 13.4. The lowest BCUT2D eigenvalue weighted by Gasteiger charge is -2.32. The zero-order valence-corrected chi connectivity index (χ0v) is 21.5. The highest BCUT2D eigenvalue weighted by Crippen LogP contribution is 2.24. The molecule has 2 nitrogen and oxygen atoms in total. The third-order valence-electron chi connectivity index (χ3n) is 5.71. The lowest BCUT2D eigenvalue weighted by molar-refractivity contribution is 0.119. The average molecular weight is 415 g/mol. The van der Waals surface area contributed by atoms with E-state index in [0.29, 0.717) is 0 Å². The molecule has 0 aromatic carbocycles. The van der Waals surface area contributed by atoms with Crippen LogP contribution < -0.4 is 0 Å². The van der Waals surface area contributed by atoms with Gasteiger partial charge < -0.3 is 8.85 Å². The van der Waals surface area contributed by atoms with E-state index in [4.69, 9.17) is 8.85 Å². The summed E-state index contributed by atoms with van der Waals surface area (Å²) >= 11 is 0. The second-order valence-electron chi connectivity index (χ2n) is 9.91. The van der Waals surface area contributed by atoms with Crippen LogP contribution in [0.4, 0.5) is 0 Å². The summed E-state index contributed by atoms with van der Waals surface area (Å²) in [4.78, 5) is 0. The number of hydrogen-bond donors (Lipinski definition) is 0. The summed E-state index contributed by atoms with van der Waals surface area (Å²) in [5, 5.41) is 0. The van der Waals surface area contributed by atoms with Gasteiger partial charge in [0.05, 0.1) is 0 Å². The summed E-state index contributed by atoms with van der Waals surface area (Å²) in [6, 6.07) is 2.14. The summed E-state index contributed by atoms with van der Waals surface area (Å²) in [5.41, 5.74) is 0.223. The molecule has 0 aliphatic heterocycles. The predicted octanol–water partition coefficient (Wildman–Crippen LogP) is 9.03. The minimum atomic E-state index is -1.96. The normalized spacial score (nSPS) is 12.6. The van der Waals surface area contributed by atoms with Gasteiger partial charge in [-0.3, -0.25) is 0 Å². The van der Waals surface area contributed by atoms with E-state index in [2.05, 4.69) is 41.5 Å². The maximum absolute atomic E-state index is 6.35. The van der Waals surface area contributed by atoms with Crippen LogP contribution in [0.5, 0.6) is 0 Å². The fraction of sp³-hybridized carbons (Fsp3) is 1.00. The van der Waals surface area contributed by atoms with E-state index in [1.807, 2.05) is 0 Å². The van der Waals surface area contributed by atoms with Crippen molar-refractivity contribution in [3.8, 4) is 0 Å². The molecule has 0 saturated carbocycles. The van der Waals surface area contributed by atoms with Crippen molar-refractivity contribution in [1.82, 2.24) is 0 Å². The molecule has 0 unspecified atom stereocenters. The van der Waals surface area contributed by atoms with Crippen LogP contribution in [0.25, 0.3) is 0 Å². The van der Waals surface area contributed by atoms with Gasteiger partial charge in [0, 0.05) is 13.2 Å². The van der Waals surface area contributed by atoms with Crippen molar-refractivity contribution in [2.24, 2.45) is 5.41 Å². The molecule has 0 aliphatic rings. The molecule has 3 heteroatoms. The van der Waals surface area contributed by atoms with Crippen LogP contribution in [0.1, 0.15) is 131 Å². The molecule has 0 N–H and O–H groups in total. The molecule has 0 aromatic heterocycles. The SMILES string of the molecule is CCCCCCCCCCCCCCCCO[Si](CC)(CC)OCC(C)(C)C. The van der Waals surface area contributed by atoms with Crippen LogP contribution in [-0.4, -0.2) is 21.8 Å². The molecule has 0 aliphatic carbocycles. The van der Waals surface area contributed by atoms with Gasteiger partial charge in [-0.15, -0.1) is 0 Å². The summed E-state index contributed by atoms with van der Waals surface area (Å²) in [6.45, 7) is 15.2. The minimum absolute atomic E-state index is 0.223. The quantitative estimate of drug-likeness (QED) is 0.146. The maximum atomic E-state index is 6.35. The van der Waals surface area contributed by atoms with Gasteiger partial charge in [0.1, 0.15) is 0 Å². The Morgan fingerprint density at radius 2 is 0.929 bits per heavy atom. The van der Waals surface area contributed by atoms with Gasteiger partial charge in [0.25, 0.3) is 0 Å². The molecule has 0 spiro atoms. The van der Waals surface area contributed by atoms with Gasteiger partial charge in [-0.25, -0.2) is 0 Å². The Labute approximate surface area is 179 Å². The lowest BCUT2D eigenvalue weighted by atomic mass is 9.99. The van der Waals surface area contributed by atoms with Crippen LogP contribution in [-0.2, 0) is 8.85 Å². The molecule has 0 atom stereocenters. The number of unbranched alkanes of at least 4 members (excludes halogenated alkanes) is 13. The van der Waals surface area contributed by atoms with Gasteiger partial charge in [-0.1, -0.05) is 125 Å². The molecule has 0 heterocycles. The molecule has 0 radical (unpaired) electrons. The second-order valence-corrected chi connectivity index (χ2v) is 13.7. The minimum Gasteiger partial charge on any atom is -0.394 e. The highest BCUT2D eigenvalue weighted by atomic mass is 28.4. The number of rotatable bonds is 20. The highest BCUT2D eigenvalue weighted by molar-refractivity contribution is 6.67. The average Bonchev–Trinajstić information content (AvgIpc) is 2.67. The monoisotopic (exact) mass is 414 g/mol. The molecule has 0 aromatic rings. The molecule has 0 rings (SSSR count). The van der Waals surface area contributed by atoms with Gasteiger partial charge in [0.2, 0.25) is 0 Å². The first kappa shape index (κ1) is 28.1. The van der Waals surface area contributed by atoms with Crippen molar-refractivity contribution < 1.29 is 8.85 Å². The van der Waals surface area contributed by atoms with Gasteiger partial charge in [0.15, 0.2) is 0 Å². The predicted molar refractivity (Wildman–Crippen MR) is 128 cm³/mol. The zero-order chi connectivity index (χ0) is 21.1. The van der Waals surface area contributed by atoms with Crippen molar-refractivity contribution in [1.29, 1.82) is 0 Å².